The van der Waals surface area contributed by atoms with Crippen molar-refractivity contribution in [2.75, 3.05) is 32.1 Å². The molecule has 0 aliphatic carbocycles. The molecule has 5 nitrogen and oxygen atoms in total. The third-order valence-corrected chi connectivity index (χ3v) is 5.57. The number of hydrazine groups is 1. The topological polar surface area (TPSA) is 38.8 Å². The summed E-state index contributed by atoms with van der Waals surface area (Å²) < 4.78 is 0. The number of fused-ring (bicyclic) bond motifs is 2. The first-order valence-corrected chi connectivity index (χ1v) is 8.95. The number of rotatable bonds is 3. The van der Waals surface area contributed by atoms with Gasteiger partial charge in [-0.2, -0.15) is 0 Å². The van der Waals surface area contributed by atoms with Crippen molar-refractivity contribution < 1.29 is 4.79 Å². The Morgan fingerprint density at radius 2 is 1.88 bits per heavy atom. The van der Waals surface area contributed by atoms with Gasteiger partial charge in [-0.1, -0.05) is 19.1 Å². The van der Waals surface area contributed by atoms with Crippen molar-refractivity contribution in [3.63, 3.8) is 0 Å². The van der Waals surface area contributed by atoms with Gasteiger partial charge in [-0.05, 0) is 30.5 Å². The van der Waals surface area contributed by atoms with Crippen LogP contribution in [-0.4, -0.2) is 43.0 Å². The normalized spacial score (nSPS) is 22.7. The first kappa shape index (κ1) is 15.4. The van der Waals surface area contributed by atoms with Crippen molar-refractivity contribution >= 4 is 11.6 Å². The number of allylic oxidation sites excluding steroid dienone is 1. The van der Waals surface area contributed by atoms with E-state index in [1.807, 2.05) is 26.0 Å². The highest BCUT2D eigenvalue weighted by Crippen LogP contribution is 2.46. The van der Waals surface area contributed by atoms with Gasteiger partial charge >= 0.3 is 0 Å². The summed E-state index contributed by atoms with van der Waals surface area (Å²) in [6, 6.07) is 8.61. The lowest BCUT2D eigenvalue weighted by Gasteiger charge is -2.42. The summed E-state index contributed by atoms with van der Waals surface area (Å²) in [4.78, 5) is 17.1. The zero-order valence-corrected chi connectivity index (χ0v) is 14.7. The van der Waals surface area contributed by atoms with Crippen LogP contribution in [0, 0.1) is 5.92 Å². The Morgan fingerprint density at radius 1 is 1.21 bits per heavy atom. The summed E-state index contributed by atoms with van der Waals surface area (Å²) in [5, 5.41) is 1.87. The molecule has 1 aromatic carbocycles. The molecule has 4 aliphatic heterocycles. The van der Waals surface area contributed by atoms with Gasteiger partial charge in [-0.25, -0.2) is 5.01 Å². The Bertz CT molecular complexity index is 671. The quantitative estimate of drug-likeness (QED) is 0.926. The third-order valence-electron chi connectivity index (χ3n) is 5.57. The van der Waals surface area contributed by atoms with E-state index in [0.717, 1.165) is 13.1 Å². The second kappa shape index (κ2) is 5.72. The van der Waals surface area contributed by atoms with E-state index in [4.69, 9.17) is 0 Å². The summed E-state index contributed by atoms with van der Waals surface area (Å²) >= 11 is 0. The number of hydrogen-bond acceptors (Lipinski definition) is 4. The lowest BCUT2D eigenvalue weighted by Crippen LogP contribution is -2.41. The van der Waals surface area contributed by atoms with E-state index in [1.54, 1.807) is 0 Å². The summed E-state index contributed by atoms with van der Waals surface area (Å²) in [6.07, 6.45) is 2.92. The van der Waals surface area contributed by atoms with Crippen LogP contribution in [0.4, 0.5) is 5.69 Å². The summed E-state index contributed by atoms with van der Waals surface area (Å²) in [5.74, 6) is 0.745. The Balaban J connectivity index is 1.75. The van der Waals surface area contributed by atoms with Gasteiger partial charge in [0.1, 0.15) is 6.04 Å². The molecule has 1 fully saturated rings. The van der Waals surface area contributed by atoms with Crippen LogP contribution >= 0.6 is 0 Å². The molecule has 1 unspecified atom stereocenters. The van der Waals surface area contributed by atoms with E-state index in [9.17, 15) is 4.79 Å². The van der Waals surface area contributed by atoms with Crippen LogP contribution in [0.5, 0.6) is 0 Å². The molecule has 0 aromatic heterocycles. The molecule has 1 aromatic rings. The minimum Gasteiger partial charge on any atom is -0.378 e. The Kier molecular flexibility index (Phi) is 3.66. The highest BCUT2D eigenvalue weighted by molar-refractivity contribution is 5.77. The number of carbonyl (C=O) groups is 1. The van der Waals surface area contributed by atoms with Crippen LogP contribution in [0.3, 0.4) is 0 Å². The SMILES string of the molecule is CCC(=O)N1NC2=C(C1c1ccc(N(C)C)cc1)N1CCC2CC1. The molecule has 4 heterocycles. The number of piperidine rings is 1. The Morgan fingerprint density at radius 3 is 2.46 bits per heavy atom. The lowest BCUT2D eigenvalue weighted by atomic mass is 9.85. The summed E-state index contributed by atoms with van der Waals surface area (Å²) in [6.45, 7) is 4.17. The Labute approximate surface area is 143 Å². The Hall–Kier alpha value is -2.17. The molecule has 1 atom stereocenters. The molecule has 0 saturated carbocycles. The van der Waals surface area contributed by atoms with Gasteiger partial charge in [0, 0.05) is 45.2 Å². The van der Waals surface area contributed by atoms with Crippen molar-refractivity contribution in [1.82, 2.24) is 15.3 Å². The molecule has 24 heavy (non-hydrogen) atoms. The highest BCUT2D eigenvalue weighted by atomic mass is 16.2. The standard InChI is InChI=1S/C19H26N4O/c1-4-16(24)23-18(14-5-7-15(8-6-14)21(2)3)19-17(20-23)13-9-11-22(19)12-10-13/h5-8,13,18,20H,4,9-12H2,1-3H3. The maximum Gasteiger partial charge on any atom is 0.241 e. The van der Waals surface area contributed by atoms with Crippen molar-refractivity contribution in [1.29, 1.82) is 0 Å². The predicted molar refractivity (Wildman–Crippen MR) is 95.1 cm³/mol. The minimum atomic E-state index is 0.00626. The maximum atomic E-state index is 12.6. The summed E-state index contributed by atoms with van der Waals surface area (Å²) in [7, 11) is 4.09. The average Bonchev–Trinajstić information content (AvgIpc) is 3.04. The molecule has 5 heteroatoms. The number of amides is 1. The van der Waals surface area contributed by atoms with Gasteiger partial charge in [0.15, 0.2) is 0 Å². The molecular weight excluding hydrogens is 300 g/mol. The van der Waals surface area contributed by atoms with E-state index in [1.165, 1.54) is 35.5 Å². The average molecular weight is 326 g/mol. The van der Waals surface area contributed by atoms with E-state index in [2.05, 4.69) is 39.5 Å². The van der Waals surface area contributed by atoms with Gasteiger partial charge in [0.2, 0.25) is 5.91 Å². The van der Waals surface area contributed by atoms with Gasteiger partial charge in [0.25, 0.3) is 0 Å². The van der Waals surface area contributed by atoms with Crippen molar-refractivity contribution in [3.8, 4) is 0 Å². The first-order valence-electron chi connectivity index (χ1n) is 8.95. The number of nitrogens with one attached hydrogen (secondary N) is 1. The highest BCUT2D eigenvalue weighted by Gasteiger charge is 2.45. The van der Waals surface area contributed by atoms with Crippen molar-refractivity contribution in [2.45, 2.75) is 32.2 Å². The molecule has 2 bridgehead atoms. The van der Waals surface area contributed by atoms with E-state index >= 15 is 0 Å². The van der Waals surface area contributed by atoms with E-state index < -0.39 is 0 Å². The molecule has 1 N–H and O–H groups in total. The van der Waals surface area contributed by atoms with Crippen LogP contribution in [0.25, 0.3) is 0 Å². The largest absolute Gasteiger partial charge is 0.378 e. The fraction of sp³-hybridized carbons (Fsp3) is 0.526. The van der Waals surface area contributed by atoms with Gasteiger partial charge in [-0.3, -0.25) is 10.2 Å². The molecule has 5 rings (SSSR count). The second-order valence-corrected chi connectivity index (χ2v) is 7.18. The smallest absolute Gasteiger partial charge is 0.241 e. The fourth-order valence-electron chi connectivity index (χ4n) is 4.21. The number of hydrogen-bond donors (Lipinski definition) is 1. The van der Waals surface area contributed by atoms with Crippen LogP contribution in [0.2, 0.25) is 0 Å². The van der Waals surface area contributed by atoms with Crippen LogP contribution < -0.4 is 10.3 Å². The third kappa shape index (κ3) is 2.26. The first-order chi connectivity index (χ1) is 11.6. The summed E-state index contributed by atoms with van der Waals surface area (Å²) in [5.41, 5.74) is 8.46. The number of carbonyl (C=O) groups excluding carboxylic acids is 1. The van der Waals surface area contributed by atoms with E-state index in [0.29, 0.717) is 12.3 Å². The zero-order valence-electron chi connectivity index (χ0n) is 14.7. The van der Waals surface area contributed by atoms with Gasteiger partial charge < -0.3 is 9.80 Å². The predicted octanol–water partition coefficient (Wildman–Crippen LogP) is 2.49. The lowest BCUT2D eigenvalue weighted by molar-refractivity contribution is -0.134. The molecule has 128 valence electrons. The molecule has 0 radical (unpaired) electrons. The maximum absolute atomic E-state index is 12.6. The van der Waals surface area contributed by atoms with E-state index in [-0.39, 0.29) is 11.9 Å². The number of benzene rings is 1. The van der Waals surface area contributed by atoms with Crippen LogP contribution in [0.15, 0.2) is 35.7 Å². The monoisotopic (exact) mass is 326 g/mol. The molecule has 1 saturated heterocycles. The van der Waals surface area contributed by atoms with Gasteiger partial charge in [0.05, 0.1) is 11.4 Å². The minimum absolute atomic E-state index is 0.00626. The van der Waals surface area contributed by atoms with Crippen molar-refractivity contribution in [3.05, 3.63) is 41.2 Å². The molecule has 4 aliphatic rings. The second-order valence-electron chi connectivity index (χ2n) is 7.18. The molecule has 0 spiro atoms. The molecule has 1 amide bonds. The molecular formula is C19H26N4O. The van der Waals surface area contributed by atoms with Gasteiger partial charge in [-0.15, -0.1) is 0 Å². The number of nitrogens with zero attached hydrogens (tertiary/aromatic N) is 3. The van der Waals surface area contributed by atoms with Crippen molar-refractivity contribution in [2.24, 2.45) is 5.92 Å². The van der Waals surface area contributed by atoms with Crippen LogP contribution in [-0.2, 0) is 4.79 Å². The fourth-order valence-corrected chi connectivity index (χ4v) is 4.21. The van der Waals surface area contributed by atoms with Crippen LogP contribution in [0.1, 0.15) is 37.8 Å². The zero-order chi connectivity index (χ0) is 16.8. The number of anilines is 1.